The Balaban J connectivity index is 1.86. The zero-order chi connectivity index (χ0) is 12.1. The zero-order valence-electron chi connectivity index (χ0n) is 9.90. The lowest BCUT2D eigenvalue weighted by Crippen LogP contribution is -2.39. The second-order valence-electron chi connectivity index (χ2n) is 4.07. The van der Waals surface area contributed by atoms with Gasteiger partial charge in [-0.2, -0.15) is 0 Å². The molecule has 2 rings (SSSR count). The predicted molar refractivity (Wildman–Crippen MR) is 63.7 cm³/mol. The number of carbonyl (C=O) groups excluding carboxylic acids is 1. The smallest absolute Gasteiger partial charge is 0.237 e. The molecule has 1 amide bonds. The number of pyridine rings is 1. The standard InChI is InChI=1S/C12H17N3O2/c1-17-11-7-9(4-6-14-11)8-15-12(16)10-3-2-5-13-10/h4,6-7,10,13H,2-3,5,8H2,1H3,(H,15,16)/t10-/m0/s1. The van der Waals surface area contributed by atoms with E-state index in [0.29, 0.717) is 12.4 Å². The third-order valence-corrected chi connectivity index (χ3v) is 2.85. The SMILES string of the molecule is COc1cc(CNC(=O)[C@@H]2CCCN2)ccn1. The van der Waals surface area contributed by atoms with E-state index in [1.165, 1.54) is 0 Å². The maximum absolute atomic E-state index is 11.8. The first-order valence-electron chi connectivity index (χ1n) is 5.79. The molecule has 17 heavy (non-hydrogen) atoms. The molecule has 0 aliphatic carbocycles. The third-order valence-electron chi connectivity index (χ3n) is 2.85. The normalized spacial score (nSPS) is 19.0. The number of nitrogens with one attached hydrogen (secondary N) is 2. The topological polar surface area (TPSA) is 63.2 Å². The van der Waals surface area contributed by atoms with Gasteiger partial charge in [-0.1, -0.05) is 0 Å². The van der Waals surface area contributed by atoms with Crippen molar-refractivity contribution in [1.82, 2.24) is 15.6 Å². The van der Waals surface area contributed by atoms with Crippen LogP contribution in [0.4, 0.5) is 0 Å². The van der Waals surface area contributed by atoms with E-state index >= 15 is 0 Å². The van der Waals surface area contributed by atoms with Crippen molar-refractivity contribution in [2.45, 2.75) is 25.4 Å². The quantitative estimate of drug-likeness (QED) is 0.795. The Morgan fingerprint density at radius 3 is 3.29 bits per heavy atom. The molecule has 1 fully saturated rings. The highest BCUT2D eigenvalue weighted by Crippen LogP contribution is 2.09. The van der Waals surface area contributed by atoms with Crippen molar-refractivity contribution in [3.8, 4) is 5.88 Å². The molecule has 0 unspecified atom stereocenters. The molecule has 2 heterocycles. The first kappa shape index (κ1) is 11.9. The van der Waals surface area contributed by atoms with Gasteiger partial charge < -0.3 is 15.4 Å². The van der Waals surface area contributed by atoms with Crippen molar-refractivity contribution in [2.75, 3.05) is 13.7 Å². The van der Waals surface area contributed by atoms with E-state index in [1.54, 1.807) is 13.3 Å². The molecule has 1 aliphatic heterocycles. The van der Waals surface area contributed by atoms with Gasteiger partial charge in [0.1, 0.15) is 0 Å². The summed E-state index contributed by atoms with van der Waals surface area (Å²) in [5.41, 5.74) is 0.989. The van der Waals surface area contributed by atoms with Gasteiger partial charge in [0.15, 0.2) is 0 Å². The monoisotopic (exact) mass is 235 g/mol. The Kier molecular flexibility index (Phi) is 3.93. The lowest BCUT2D eigenvalue weighted by molar-refractivity contribution is -0.122. The Morgan fingerprint density at radius 2 is 2.59 bits per heavy atom. The molecule has 0 spiro atoms. The van der Waals surface area contributed by atoms with Gasteiger partial charge in [-0.3, -0.25) is 4.79 Å². The van der Waals surface area contributed by atoms with Crippen LogP contribution in [0.1, 0.15) is 18.4 Å². The summed E-state index contributed by atoms with van der Waals surface area (Å²) in [7, 11) is 1.58. The molecule has 1 atom stereocenters. The van der Waals surface area contributed by atoms with Crippen LogP contribution < -0.4 is 15.4 Å². The second-order valence-corrected chi connectivity index (χ2v) is 4.07. The summed E-state index contributed by atoms with van der Waals surface area (Å²) in [6, 6.07) is 3.66. The number of amides is 1. The molecule has 0 saturated carbocycles. The molecule has 0 bridgehead atoms. The number of carbonyl (C=O) groups is 1. The van der Waals surface area contributed by atoms with Crippen LogP contribution in [0.3, 0.4) is 0 Å². The summed E-state index contributed by atoms with van der Waals surface area (Å²) in [6.07, 6.45) is 3.67. The van der Waals surface area contributed by atoms with Crippen molar-refractivity contribution in [2.24, 2.45) is 0 Å². The van der Waals surface area contributed by atoms with Crippen LogP contribution >= 0.6 is 0 Å². The molecule has 1 saturated heterocycles. The average Bonchev–Trinajstić information content (AvgIpc) is 2.90. The minimum absolute atomic E-state index is 0.0290. The molecule has 5 nitrogen and oxygen atoms in total. The molecule has 0 radical (unpaired) electrons. The first-order chi connectivity index (χ1) is 8.29. The second kappa shape index (κ2) is 5.63. The van der Waals surface area contributed by atoms with E-state index in [0.717, 1.165) is 24.9 Å². The fourth-order valence-corrected chi connectivity index (χ4v) is 1.89. The maximum atomic E-state index is 11.8. The molecule has 1 aromatic rings. The van der Waals surface area contributed by atoms with Gasteiger partial charge in [-0.15, -0.1) is 0 Å². The number of aromatic nitrogens is 1. The summed E-state index contributed by atoms with van der Waals surface area (Å²) in [4.78, 5) is 15.8. The first-order valence-corrected chi connectivity index (χ1v) is 5.79. The van der Waals surface area contributed by atoms with Gasteiger partial charge in [0.25, 0.3) is 0 Å². The van der Waals surface area contributed by atoms with Crippen molar-refractivity contribution in [3.63, 3.8) is 0 Å². The van der Waals surface area contributed by atoms with Crippen LogP contribution in [0.5, 0.6) is 5.88 Å². The van der Waals surface area contributed by atoms with Crippen molar-refractivity contribution in [3.05, 3.63) is 23.9 Å². The highest BCUT2D eigenvalue weighted by atomic mass is 16.5. The van der Waals surface area contributed by atoms with Crippen LogP contribution in [0.15, 0.2) is 18.3 Å². The average molecular weight is 235 g/mol. The molecule has 0 aromatic carbocycles. The minimum Gasteiger partial charge on any atom is -0.481 e. The van der Waals surface area contributed by atoms with Gasteiger partial charge in [0.2, 0.25) is 11.8 Å². The Labute approximate surface area is 101 Å². The fraction of sp³-hybridized carbons (Fsp3) is 0.500. The van der Waals surface area contributed by atoms with Gasteiger partial charge in [0, 0.05) is 18.8 Å². The number of nitrogens with zero attached hydrogens (tertiary/aromatic N) is 1. The van der Waals surface area contributed by atoms with E-state index in [4.69, 9.17) is 4.74 Å². The van der Waals surface area contributed by atoms with E-state index in [1.807, 2.05) is 12.1 Å². The molecular formula is C12H17N3O2. The Hall–Kier alpha value is -1.62. The summed E-state index contributed by atoms with van der Waals surface area (Å²) in [5.74, 6) is 0.633. The van der Waals surface area contributed by atoms with Crippen LogP contribution in [-0.2, 0) is 11.3 Å². The van der Waals surface area contributed by atoms with Crippen molar-refractivity contribution in [1.29, 1.82) is 0 Å². The highest BCUT2D eigenvalue weighted by molar-refractivity contribution is 5.81. The summed E-state index contributed by atoms with van der Waals surface area (Å²) in [5, 5.41) is 6.07. The molecule has 5 heteroatoms. The van der Waals surface area contributed by atoms with E-state index in [2.05, 4.69) is 15.6 Å². The zero-order valence-corrected chi connectivity index (χ0v) is 9.90. The minimum atomic E-state index is -0.0290. The Morgan fingerprint density at radius 1 is 1.71 bits per heavy atom. The van der Waals surface area contributed by atoms with Gasteiger partial charge >= 0.3 is 0 Å². The molecule has 2 N–H and O–H groups in total. The molecule has 1 aliphatic rings. The number of rotatable bonds is 4. The van der Waals surface area contributed by atoms with Crippen molar-refractivity contribution >= 4 is 5.91 Å². The largest absolute Gasteiger partial charge is 0.481 e. The number of hydrogen-bond donors (Lipinski definition) is 2. The van der Waals surface area contributed by atoms with Crippen LogP contribution in [0.2, 0.25) is 0 Å². The summed E-state index contributed by atoms with van der Waals surface area (Å²) >= 11 is 0. The highest BCUT2D eigenvalue weighted by Gasteiger charge is 2.21. The van der Waals surface area contributed by atoms with Crippen molar-refractivity contribution < 1.29 is 9.53 Å². The number of ether oxygens (including phenoxy) is 1. The fourth-order valence-electron chi connectivity index (χ4n) is 1.89. The number of hydrogen-bond acceptors (Lipinski definition) is 4. The van der Waals surface area contributed by atoms with Gasteiger partial charge in [0.05, 0.1) is 13.2 Å². The third kappa shape index (κ3) is 3.17. The van der Waals surface area contributed by atoms with E-state index in [9.17, 15) is 4.79 Å². The predicted octanol–water partition coefficient (Wildman–Crippen LogP) is 0.458. The summed E-state index contributed by atoms with van der Waals surface area (Å²) in [6.45, 7) is 1.44. The lowest BCUT2D eigenvalue weighted by atomic mass is 10.2. The van der Waals surface area contributed by atoms with Crippen LogP contribution in [0.25, 0.3) is 0 Å². The Bertz CT molecular complexity index is 389. The summed E-state index contributed by atoms with van der Waals surface area (Å²) < 4.78 is 5.03. The van der Waals surface area contributed by atoms with E-state index < -0.39 is 0 Å². The van der Waals surface area contributed by atoms with Crippen LogP contribution in [-0.4, -0.2) is 30.6 Å². The van der Waals surface area contributed by atoms with E-state index in [-0.39, 0.29) is 11.9 Å². The maximum Gasteiger partial charge on any atom is 0.237 e. The molecule has 1 aromatic heterocycles. The molecular weight excluding hydrogens is 218 g/mol. The molecule has 92 valence electrons. The van der Waals surface area contributed by atoms with Crippen LogP contribution in [0, 0.1) is 0 Å². The number of methoxy groups -OCH3 is 1. The van der Waals surface area contributed by atoms with Gasteiger partial charge in [-0.05, 0) is 31.0 Å². The lowest BCUT2D eigenvalue weighted by Gasteiger charge is -2.11. The van der Waals surface area contributed by atoms with Gasteiger partial charge in [-0.25, -0.2) is 4.98 Å².